The maximum absolute atomic E-state index is 15.0. The molecule has 5 atom stereocenters. The fraction of sp³-hybridized carbons (Fsp3) is 0.294. The molecule has 212 valence electrons. The molecular weight excluding hydrogens is 532 g/mol. The highest BCUT2D eigenvalue weighted by Crippen LogP contribution is 2.72. The van der Waals surface area contributed by atoms with Gasteiger partial charge in [-0.2, -0.15) is 0 Å². The Bertz CT molecular complexity index is 1720. The van der Waals surface area contributed by atoms with Crippen molar-refractivity contribution in [1.29, 1.82) is 0 Å². The Morgan fingerprint density at radius 2 is 1.19 bits per heavy atom. The number of nitrogens with zero attached hydrogens (tertiary/aromatic N) is 2. The summed E-state index contributed by atoms with van der Waals surface area (Å²) in [6, 6.07) is 18.8. The summed E-state index contributed by atoms with van der Waals surface area (Å²) >= 11 is 0. The highest BCUT2D eigenvalue weighted by Gasteiger charge is 2.71. The average Bonchev–Trinajstić information content (AvgIpc) is 3.60. The zero-order chi connectivity index (χ0) is 29.2. The number of rotatable bonds is 6. The van der Waals surface area contributed by atoms with Gasteiger partial charge in [-0.15, -0.1) is 0 Å². The molecule has 2 aromatic heterocycles. The number of methoxy groups -OCH3 is 4. The van der Waals surface area contributed by atoms with Gasteiger partial charge >= 0.3 is 0 Å². The molecule has 0 bridgehead atoms. The lowest BCUT2D eigenvalue weighted by Crippen LogP contribution is -2.39. The van der Waals surface area contributed by atoms with Crippen molar-refractivity contribution in [3.63, 3.8) is 0 Å². The zero-order valence-electron chi connectivity index (χ0n) is 23.8. The molecule has 0 N–H and O–H groups in total. The molecule has 42 heavy (non-hydrogen) atoms. The largest absolute Gasteiger partial charge is 0.493 e. The number of ether oxygens (including phenoxy) is 4. The molecule has 0 radical (unpaired) electrons. The van der Waals surface area contributed by atoms with Gasteiger partial charge in [0.15, 0.2) is 34.6 Å². The molecule has 0 saturated heterocycles. The minimum atomic E-state index is -1.03. The van der Waals surface area contributed by atoms with Crippen LogP contribution in [0.1, 0.15) is 61.0 Å². The minimum absolute atomic E-state index is 0.0247. The number of fused-ring (bicyclic) bond motifs is 4. The predicted octanol–water partition coefficient (Wildman–Crippen LogP) is 5.41. The van der Waals surface area contributed by atoms with Gasteiger partial charge in [-0.25, -0.2) is 0 Å². The highest BCUT2D eigenvalue weighted by molar-refractivity contribution is 6.11. The van der Waals surface area contributed by atoms with Crippen LogP contribution in [0.5, 0.6) is 23.0 Å². The Morgan fingerprint density at radius 3 is 1.74 bits per heavy atom. The Hall–Kier alpha value is -4.72. The Morgan fingerprint density at radius 1 is 0.667 bits per heavy atom. The molecule has 1 fully saturated rings. The van der Waals surface area contributed by atoms with Gasteiger partial charge in [0.2, 0.25) is 0 Å². The average molecular weight is 563 g/mol. The van der Waals surface area contributed by atoms with Gasteiger partial charge in [-0.3, -0.25) is 19.6 Å². The molecule has 1 saturated carbocycles. The van der Waals surface area contributed by atoms with Crippen LogP contribution in [0.3, 0.4) is 0 Å². The van der Waals surface area contributed by atoms with Gasteiger partial charge in [0.1, 0.15) is 0 Å². The molecule has 7 rings (SSSR count). The Balaban J connectivity index is 1.54. The third-order valence-corrected chi connectivity index (χ3v) is 9.47. The number of carbonyl (C=O) groups excluding carboxylic acids is 2. The van der Waals surface area contributed by atoms with Crippen molar-refractivity contribution in [2.75, 3.05) is 28.4 Å². The molecule has 4 aromatic rings. The standard InChI is InChI=1S/C34H30N2O6/c1-39-24-13-18-17-34(33(38)19(18)14-25(24)40-2)30(22-9-5-7-11-35-22)28-20-15-26(41-3)27(42-4)16-21(20)32(37)29(28)31(34)23-10-6-8-12-36-23/h5-16,28-31H,17H2,1-4H3/t28-,29+,30-,31-,34-/m1/s1. The Kier molecular flexibility index (Phi) is 6.04. The first kappa shape index (κ1) is 26.2. The third-order valence-electron chi connectivity index (χ3n) is 9.47. The van der Waals surface area contributed by atoms with Crippen LogP contribution in [0.15, 0.2) is 73.1 Å². The van der Waals surface area contributed by atoms with E-state index in [9.17, 15) is 4.79 Å². The summed E-state index contributed by atoms with van der Waals surface area (Å²) in [6.45, 7) is 0. The first-order valence-corrected chi connectivity index (χ1v) is 13.9. The summed E-state index contributed by atoms with van der Waals surface area (Å²) in [4.78, 5) is 39.1. The fourth-order valence-corrected chi connectivity index (χ4v) is 7.94. The van der Waals surface area contributed by atoms with Gasteiger partial charge < -0.3 is 18.9 Å². The number of pyridine rings is 2. The zero-order valence-corrected chi connectivity index (χ0v) is 23.8. The van der Waals surface area contributed by atoms with E-state index < -0.39 is 23.2 Å². The van der Waals surface area contributed by atoms with Crippen LogP contribution >= 0.6 is 0 Å². The van der Waals surface area contributed by atoms with Crippen molar-refractivity contribution in [2.45, 2.75) is 24.2 Å². The molecular formula is C34H30N2O6. The lowest BCUT2D eigenvalue weighted by atomic mass is 9.64. The van der Waals surface area contributed by atoms with Crippen LogP contribution in [-0.4, -0.2) is 50.0 Å². The SMILES string of the molecule is COc1cc2c(cc1OC)C(=O)[C@@]1(C2)[C@H](c2ccccn2)[C@H]2C(=O)c3cc(OC)c(OC)cc3[C@H]2[C@H]1c1ccccn1. The van der Waals surface area contributed by atoms with Crippen LogP contribution in [0, 0.1) is 11.3 Å². The number of ketones is 2. The lowest BCUT2D eigenvalue weighted by Gasteiger charge is -2.37. The molecule has 0 amide bonds. The molecule has 3 aliphatic rings. The molecule has 2 aromatic carbocycles. The highest BCUT2D eigenvalue weighted by atomic mass is 16.5. The molecule has 3 aliphatic carbocycles. The van der Waals surface area contributed by atoms with Gasteiger partial charge in [-0.05, 0) is 66.1 Å². The second kappa shape index (κ2) is 9.69. The van der Waals surface area contributed by atoms with Gasteiger partial charge in [0.25, 0.3) is 0 Å². The van der Waals surface area contributed by atoms with E-state index in [2.05, 4.69) is 0 Å². The van der Waals surface area contributed by atoms with Crippen molar-refractivity contribution in [1.82, 2.24) is 9.97 Å². The fourth-order valence-electron chi connectivity index (χ4n) is 7.94. The van der Waals surface area contributed by atoms with Crippen LogP contribution < -0.4 is 18.9 Å². The maximum atomic E-state index is 15.0. The molecule has 8 nitrogen and oxygen atoms in total. The summed E-state index contributed by atoms with van der Waals surface area (Å²) in [5.41, 5.74) is 3.32. The van der Waals surface area contributed by atoms with E-state index in [0.29, 0.717) is 46.2 Å². The quantitative estimate of drug-likeness (QED) is 0.308. The van der Waals surface area contributed by atoms with Crippen LogP contribution in [0.25, 0.3) is 0 Å². The summed E-state index contributed by atoms with van der Waals surface area (Å²) in [5.74, 6) is 0.208. The first-order valence-electron chi connectivity index (χ1n) is 13.9. The normalized spacial score (nSPS) is 25.2. The van der Waals surface area contributed by atoms with Crippen LogP contribution in [0.2, 0.25) is 0 Å². The molecule has 2 heterocycles. The second-order valence-corrected chi connectivity index (χ2v) is 11.1. The van der Waals surface area contributed by atoms with E-state index in [1.807, 2.05) is 48.5 Å². The number of Topliss-reactive ketones (excluding diaryl/α,β-unsaturated/α-hetero) is 2. The van der Waals surface area contributed by atoms with Gasteiger partial charge in [0, 0.05) is 58.6 Å². The van der Waals surface area contributed by atoms with E-state index in [4.69, 9.17) is 28.9 Å². The second-order valence-electron chi connectivity index (χ2n) is 11.1. The van der Waals surface area contributed by atoms with Crippen molar-refractivity contribution in [3.05, 3.63) is 107 Å². The van der Waals surface area contributed by atoms with E-state index in [0.717, 1.165) is 16.8 Å². The van der Waals surface area contributed by atoms with E-state index in [-0.39, 0.29) is 17.5 Å². The topological polar surface area (TPSA) is 96.8 Å². The van der Waals surface area contributed by atoms with Crippen molar-refractivity contribution < 1.29 is 28.5 Å². The monoisotopic (exact) mass is 562 g/mol. The van der Waals surface area contributed by atoms with Gasteiger partial charge in [0.05, 0.1) is 33.9 Å². The predicted molar refractivity (Wildman–Crippen MR) is 154 cm³/mol. The van der Waals surface area contributed by atoms with E-state index >= 15 is 4.79 Å². The maximum Gasteiger partial charge on any atom is 0.171 e. The van der Waals surface area contributed by atoms with E-state index in [1.54, 1.807) is 53.0 Å². The summed E-state index contributed by atoms with van der Waals surface area (Å²) < 4.78 is 22.5. The number of carbonyl (C=O) groups is 2. The van der Waals surface area contributed by atoms with Crippen molar-refractivity contribution in [3.8, 4) is 23.0 Å². The lowest BCUT2D eigenvalue weighted by molar-refractivity contribution is 0.0739. The summed E-state index contributed by atoms with van der Waals surface area (Å²) in [7, 11) is 6.29. The molecule has 1 spiro atoms. The van der Waals surface area contributed by atoms with Crippen LogP contribution in [-0.2, 0) is 6.42 Å². The number of benzene rings is 2. The number of aromatic nitrogens is 2. The molecule has 8 heteroatoms. The van der Waals surface area contributed by atoms with E-state index in [1.165, 1.54) is 0 Å². The molecule has 0 unspecified atom stereocenters. The van der Waals surface area contributed by atoms with Crippen molar-refractivity contribution >= 4 is 11.6 Å². The number of hydrogen-bond acceptors (Lipinski definition) is 8. The van der Waals surface area contributed by atoms with Crippen LogP contribution in [0.4, 0.5) is 0 Å². The number of hydrogen-bond donors (Lipinski definition) is 0. The smallest absolute Gasteiger partial charge is 0.171 e. The van der Waals surface area contributed by atoms with Crippen molar-refractivity contribution in [2.24, 2.45) is 11.3 Å². The Labute approximate surface area is 243 Å². The first-order chi connectivity index (χ1) is 20.5. The van der Waals surface area contributed by atoms with Gasteiger partial charge in [-0.1, -0.05) is 12.1 Å². The summed E-state index contributed by atoms with van der Waals surface area (Å²) in [5, 5.41) is 0. The minimum Gasteiger partial charge on any atom is -0.493 e. The molecule has 0 aliphatic heterocycles. The summed E-state index contributed by atoms with van der Waals surface area (Å²) in [6.07, 6.45) is 3.88. The third kappa shape index (κ3) is 3.41.